The number of methoxy groups -OCH3 is 1. The molecule has 0 aliphatic carbocycles. The van der Waals surface area contributed by atoms with Crippen molar-refractivity contribution in [1.29, 1.82) is 0 Å². The molecule has 1 heterocycles. The maximum Gasteiger partial charge on any atom is 0.250 e. The number of nitrogens with one attached hydrogen (secondary N) is 1. The molecule has 27 heavy (non-hydrogen) atoms. The third kappa shape index (κ3) is 5.49. The largest absolute Gasteiger partial charge is 0.497 e. The van der Waals surface area contributed by atoms with E-state index >= 15 is 0 Å². The van der Waals surface area contributed by atoms with Crippen molar-refractivity contribution in [3.05, 3.63) is 76.8 Å². The second-order valence-corrected chi connectivity index (χ2v) is 7.17. The summed E-state index contributed by atoms with van der Waals surface area (Å²) in [5.41, 5.74) is 2.18. The quantitative estimate of drug-likeness (QED) is 0.612. The Morgan fingerprint density at radius 1 is 1.15 bits per heavy atom. The molecule has 1 amide bonds. The van der Waals surface area contributed by atoms with Crippen LogP contribution in [0.4, 0.5) is 5.13 Å². The molecule has 0 saturated carbocycles. The smallest absolute Gasteiger partial charge is 0.250 e. The van der Waals surface area contributed by atoms with Gasteiger partial charge in [0.25, 0.3) is 0 Å². The van der Waals surface area contributed by atoms with Crippen LogP contribution in [0.1, 0.15) is 29.0 Å². The van der Waals surface area contributed by atoms with Gasteiger partial charge in [0.15, 0.2) is 0 Å². The van der Waals surface area contributed by atoms with E-state index in [1.54, 1.807) is 13.2 Å². The highest BCUT2D eigenvalue weighted by Gasteiger charge is 2.11. The number of carbonyl (C=O) groups excluding carboxylic acids is 1. The molecule has 1 atom stereocenters. The third-order valence-electron chi connectivity index (χ3n) is 4.09. The van der Waals surface area contributed by atoms with Crippen molar-refractivity contribution in [3.8, 4) is 5.75 Å². The van der Waals surface area contributed by atoms with Gasteiger partial charge in [0.05, 0.1) is 7.11 Å². The lowest BCUT2D eigenvalue weighted by Gasteiger charge is -2.08. The van der Waals surface area contributed by atoms with Gasteiger partial charge in [-0.1, -0.05) is 60.7 Å². The minimum Gasteiger partial charge on any atom is -0.497 e. The molecule has 0 saturated heterocycles. The Balaban J connectivity index is 1.55. The lowest BCUT2D eigenvalue weighted by Crippen LogP contribution is -2.07. The Kier molecular flexibility index (Phi) is 6.33. The summed E-state index contributed by atoms with van der Waals surface area (Å²) in [6.07, 6.45) is 4.02. The first-order valence-electron chi connectivity index (χ1n) is 8.64. The number of nitrogens with zero attached hydrogens (tertiary/aromatic N) is 2. The zero-order valence-electron chi connectivity index (χ0n) is 15.3. The van der Waals surface area contributed by atoms with Gasteiger partial charge in [-0.05, 0) is 35.3 Å². The summed E-state index contributed by atoms with van der Waals surface area (Å²) >= 11 is 1.41. The molecule has 138 valence electrons. The molecule has 0 aliphatic heterocycles. The third-order valence-corrected chi connectivity index (χ3v) is 4.95. The highest BCUT2D eigenvalue weighted by atomic mass is 32.1. The topological polar surface area (TPSA) is 64.1 Å². The highest BCUT2D eigenvalue weighted by molar-refractivity contribution is 7.15. The van der Waals surface area contributed by atoms with Crippen molar-refractivity contribution in [1.82, 2.24) is 10.2 Å². The first kappa shape index (κ1) is 18.8. The summed E-state index contributed by atoms with van der Waals surface area (Å²) in [6, 6.07) is 17.8. The Morgan fingerprint density at radius 2 is 1.89 bits per heavy atom. The van der Waals surface area contributed by atoms with Crippen molar-refractivity contribution >= 4 is 28.5 Å². The van der Waals surface area contributed by atoms with Gasteiger partial charge in [0, 0.05) is 12.5 Å². The van der Waals surface area contributed by atoms with E-state index in [1.165, 1.54) is 23.0 Å². The molecule has 3 aromatic rings. The summed E-state index contributed by atoms with van der Waals surface area (Å²) in [4.78, 5) is 12.1. The summed E-state index contributed by atoms with van der Waals surface area (Å²) in [7, 11) is 1.62. The van der Waals surface area contributed by atoms with Crippen molar-refractivity contribution in [2.75, 3.05) is 12.4 Å². The Bertz CT molecular complexity index is 905. The zero-order chi connectivity index (χ0) is 19.1. The van der Waals surface area contributed by atoms with Crippen LogP contribution in [-0.2, 0) is 11.2 Å². The predicted molar refractivity (Wildman–Crippen MR) is 109 cm³/mol. The van der Waals surface area contributed by atoms with E-state index in [0.717, 1.165) is 22.7 Å². The molecular formula is C21H21N3O2S. The molecular weight excluding hydrogens is 358 g/mol. The predicted octanol–water partition coefficient (Wildman–Crippen LogP) is 4.54. The first-order chi connectivity index (χ1) is 13.1. The molecule has 1 aromatic heterocycles. The second kappa shape index (κ2) is 9.09. The van der Waals surface area contributed by atoms with Crippen LogP contribution in [0.25, 0.3) is 6.08 Å². The summed E-state index contributed by atoms with van der Waals surface area (Å²) in [6.45, 7) is 2.16. The van der Waals surface area contributed by atoms with E-state index < -0.39 is 0 Å². The number of carbonyl (C=O) groups is 1. The minimum atomic E-state index is -0.232. The molecule has 0 fully saturated rings. The van der Waals surface area contributed by atoms with Crippen LogP contribution in [0.15, 0.2) is 60.7 Å². The zero-order valence-corrected chi connectivity index (χ0v) is 16.1. The van der Waals surface area contributed by atoms with Gasteiger partial charge < -0.3 is 4.74 Å². The van der Waals surface area contributed by atoms with Gasteiger partial charge in [0.2, 0.25) is 11.0 Å². The van der Waals surface area contributed by atoms with Crippen molar-refractivity contribution < 1.29 is 9.53 Å². The molecule has 3 rings (SSSR count). The number of aromatic nitrogens is 2. The van der Waals surface area contributed by atoms with Crippen LogP contribution in [0.2, 0.25) is 0 Å². The number of anilines is 1. The minimum absolute atomic E-state index is 0.232. The molecule has 1 unspecified atom stereocenters. The standard InChI is InChI=1S/C21H21N3O2S/c1-15(17-6-4-3-5-7-17)14-20-23-24-21(27-20)22-19(25)13-10-16-8-11-18(26-2)12-9-16/h3-13,15H,14H2,1-2H3,(H,22,24,25)/b13-10+. The Labute approximate surface area is 162 Å². The van der Waals surface area contributed by atoms with Gasteiger partial charge in [-0.3, -0.25) is 10.1 Å². The van der Waals surface area contributed by atoms with Gasteiger partial charge in [-0.15, -0.1) is 10.2 Å². The SMILES string of the molecule is COc1ccc(/C=C/C(=O)Nc2nnc(CC(C)c3ccccc3)s2)cc1. The fraction of sp³-hybridized carbons (Fsp3) is 0.190. The first-order valence-corrected chi connectivity index (χ1v) is 9.46. The molecule has 6 heteroatoms. The van der Waals surface area contributed by atoms with Crippen LogP contribution in [-0.4, -0.2) is 23.2 Å². The highest BCUT2D eigenvalue weighted by Crippen LogP contribution is 2.24. The van der Waals surface area contributed by atoms with Crippen LogP contribution in [0, 0.1) is 0 Å². The average Bonchev–Trinajstić information content (AvgIpc) is 3.14. The second-order valence-electron chi connectivity index (χ2n) is 6.11. The van der Waals surface area contributed by atoms with E-state index in [1.807, 2.05) is 42.5 Å². The number of hydrogen-bond acceptors (Lipinski definition) is 5. The van der Waals surface area contributed by atoms with Gasteiger partial charge in [-0.2, -0.15) is 0 Å². The lowest BCUT2D eigenvalue weighted by molar-refractivity contribution is -0.111. The van der Waals surface area contributed by atoms with E-state index in [4.69, 9.17) is 4.74 Å². The number of amides is 1. The van der Waals surface area contributed by atoms with Crippen molar-refractivity contribution in [2.24, 2.45) is 0 Å². The maximum atomic E-state index is 12.1. The normalized spacial score (nSPS) is 12.1. The lowest BCUT2D eigenvalue weighted by atomic mass is 9.98. The van der Waals surface area contributed by atoms with E-state index in [0.29, 0.717) is 11.0 Å². The molecule has 1 N–H and O–H groups in total. The van der Waals surface area contributed by atoms with Crippen LogP contribution >= 0.6 is 11.3 Å². The molecule has 5 nitrogen and oxygen atoms in total. The summed E-state index contributed by atoms with van der Waals surface area (Å²) in [5, 5.41) is 12.4. The molecule has 2 aromatic carbocycles. The monoisotopic (exact) mass is 379 g/mol. The maximum absolute atomic E-state index is 12.1. The fourth-order valence-electron chi connectivity index (χ4n) is 2.58. The van der Waals surface area contributed by atoms with Gasteiger partial charge in [-0.25, -0.2) is 0 Å². The number of rotatable bonds is 7. The molecule has 0 bridgehead atoms. The van der Waals surface area contributed by atoms with Crippen LogP contribution in [0.3, 0.4) is 0 Å². The number of ether oxygens (including phenoxy) is 1. The molecule has 0 spiro atoms. The van der Waals surface area contributed by atoms with Crippen molar-refractivity contribution in [3.63, 3.8) is 0 Å². The van der Waals surface area contributed by atoms with E-state index in [-0.39, 0.29) is 5.91 Å². The number of benzene rings is 2. The summed E-state index contributed by atoms with van der Waals surface area (Å²) in [5.74, 6) is 0.894. The Morgan fingerprint density at radius 3 is 2.59 bits per heavy atom. The molecule has 0 radical (unpaired) electrons. The van der Waals surface area contributed by atoms with Gasteiger partial charge >= 0.3 is 0 Å². The number of hydrogen-bond donors (Lipinski definition) is 1. The van der Waals surface area contributed by atoms with Crippen molar-refractivity contribution in [2.45, 2.75) is 19.3 Å². The van der Waals surface area contributed by atoms with E-state index in [2.05, 4.69) is 34.6 Å². The Hall–Kier alpha value is -2.99. The summed E-state index contributed by atoms with van der Waals surface area (Å²) < 4.78 is 5.11. The van der Waals surface area contributed by atoms with Gasteiger partial charge in [0.1, 0.15) is 10.8 Å². The fourth-order valence-corrected chi connectivity index (χ4v) is 3.45. The van der Waals surface area contributed by atoms with Crippen LogP contribution < -0.4 is 10.1 Å². The van der Waals surface area contributed by atoms with E-state index in [9.17, 15) is 4.79 Å². The van der Waals surface area contributed by atoms with Crippen LogP contribution in [0.5, 0.6) is 5.75 Å². The average molecular weight is 379 g/mol. The molecule has 0 aliphatic rings.